The summed E-state index contributed by atoms with van der Waals surface area (Å²) in [4.78, 5) is 13.2. The second-order valence-electron chi connectivity index (χ2n) is 6.35. The number of fused-ring (bicyclic) bond motifs is 1. The summed E-state index contributed by atoms with van der Waals surface area (Å²) in [7, 11) is 0. The summed E-state index contributed by atoms with van der Waals surface area (Å²) in [5.74, 6) is 1.16. The molecule has 0 spiro atoms. The molecule has 1 atom stereocenters. The van der Waals surface area contributed by atoms with Gasteiger partial charge in [0.25, 0.3) is 0 Å². The fourth-order valence-corrected chi connectivity index (χ4v) is 3.46. The van der Waals surface area contributed by atoms with Crippen LogP contribution in [0.1, 0.15) is 43.7 Å². The van der Waals surface area contributed by atoms with Crippen LogP contribution in [0.5, 0.6) is 0 Å². The molecule has 1 aromatic carbocycles. The second kappa shape index (κ2) is 7.07. The van der Waals surface area contributed by atoms with Crippen LogP contribution in [-0.2, 0) is 0 Å². The van der Waals surface area contributed by atoms with E-state index >= 15 is 0 Å². The Morgan fingerprint density at radius 1 is 1.11 bits per heavy atom. The van der Waals surface area contributed by atoms with E-state index in [4.69, 9.17) is 4.52 Å². The lowest BCUT2D eigenvalue weighted by molar-refractivity contribution is 0.373. The molecule has 4 rings (SSSR count). The number of benzene rings is 1. The first-order valence-electron chi connectivity index (χ1n) is 8.47. The lowest BCUT2D eigenvalue weighted by atomic mass is 10.2. The molecule has 9 heteroatoms. The number of thioether (sulfide) groups is 1. The van der Waals surface area contributed by atoms with E-state index in [9.17, 15) is 4.39 Å². The molecule has 0 N–H and O–H groups in total. The molecule has 4 aromatic rings. The summed E-state index contributed by atoms with van der Waals surface area (Å²) in [6.45, 7) is 6.02. The third-order valence-electron chi connectivity index (χ3n) is 4.01. The summed E-state index contributed by atoms with van der Waals surface area (Å²) in [5, 5.41) is 9.91. The van der Waals surface area contributed by atoms with Gasteiger partial charge in [-0.2, -0.15) is 10.1 Å². The molecule has 0 saturated heterocycles. The average Bonchev–Trinajstić information content (AvgIpc) is 3.30. The molecule has 0 aliphatic carbocycles. The van der Waals surface area contributed by atoms with E-state index in [0.717, 1.165) is 16.1 Å². The van der Waals surface area contributed by atoms with E-state index in [-0.39, 0.29) is 17.0 Å². The van der Waals surface area contributed by atoms with Gasteiger partial charge in [-0.1, -0.05) is 30.8 Å². The van der Waals surface area contributed by atoms with Crippen LogP contribution >= 0.6 is 11.8 Å². The number of nitrogens with zero attached hydrogens (tertiary/aromatic N) is 6. The maximum absolute atomic E-state index is 13.2. The first-order valence-corrected chi connectivity index (χ1v) is 9.35. The van der Waals surface area contributed by atoms with Crippen molar-refractivity contribution in [3.8, 4) is 5.69 Å². The minimum absolute atomic E-state index is 0.0720. The summed E-state index contributed by atoms with van der Waals surface area (Å²) in [6, 6.07) is 6.10. The van der Waals surface area contributed by atoms with Crippen LogP contribution in [0.4, 0.5) is 4.39 Å². The number of hydrogen-bond donors (Lipinski definition) is 0. The third-order valence-corrected chi connectivity index (χ3v) is 5.11. The summed E-state index contributed by atoms with van der Waals surface area (Å²) in [5.41, 5.74) is 1.38. The highest BCUT2D eigenvalue weighted by Gasteiger charge is 2.20. The van der Waals surface area contributed by atoms with E-state index in [0.29, 0.717) is 17.4 Å². The SMILES string of the molecule is CC(C)c1noc([C@@H](C)Sc2ncnc3c2cnn3-c2ccc(F)cc2)n1. The van der Waals surface area contributed by atoms with Gasteiger partial charge in [0.15, 0.2) is 11.5 Å². The maximum Gasteiger partial charge on any atom is 0.239 e. The topological polar surface area (TPSA) is 82.5 Å². The highest BCUT2D eigenvalue weighted by molar-refractivity contribution is 7.99. The second-order valence-corrected chi connectivity index (χ2v) is 7.68. The van der Waals surface area contributed by atoms with Crippen LogP contribution in [-0.4, -0.2) is 29.9 Å². The molecule has 0 aliphatic heterocycles. The van der Waals surface area contributed by atoms with Gasteiger partial charge in [0, 0.05) is 5.92 Å². The van der Waals surface area contributed by atoms with Crippen molar-refractivity contribution in [3.63, 3.8) is 0 Å². The van der Waals surface area contributed by atoms with Crippen molar-refractivity contribution in [2.75, 3.05) is 0 Å². The largest absolute Gasteiger partial charge is 0.338 e. The lowest BCUT2D eigenvalue weighted by Gasteiger charge is -2.07. The zero-order valence-electron chi connectivity index (χ0n) is 15.0. The molecule has 3 aromatic heterocycles. The number of hydrogen-bond acceptors (Lipinski definition) is 7. The highest BCUT2D eigenvalue weighted by atomic mass is 32.2. The van der Waals surface area contributed by atoms with Gasteiger partial charge in [0.05, 0.1) is 22.5 Å². The van der Waals surface area contributed by atoms with Crippen molar-refractivity contribution in [1.82, 2.24) is 29.9 Å². The van der Waals surface area contributed by atoms with Crippen molar-refractivity contribution in [1.29, 1.82) is 0 Å². The van der Waals surface area contributed by atoms with Crippen molar-refractivity contribution >= 4 is 22.8 Å². The fourth-order valence-electron chi connectivity index (χ4n) is 2.55. The summed E-state index contributed by atoms with van der Waals surface area (Å²) >= 11 is 1.50. The van der Waals surface area contributed by atoms with Crippen molar-refractivity contribution in [3.05, 3.63) is 54.3 Å². The normalized spacial score (nSPS) is 12.8. The van der Waals surface area contributed by atoms with Gasteiger partial charge in [-0.3, -0.25) is 0 Å². The van der Waals surface area contributed by atoms with Crippen molar-refractivity contribution in [2.45, 2.75) is 37.0 Å². The first-order chi connectivity index (χ1) is 13.0. The van der Waals surface area contributed by atoms with Gasteiger partial charge in [0.1, 0.15) is 17.2 Å². The van der Waals surface area contributed by atoms with Crippen LogP contribution in [0.3, 0.4) is 0 Å². The Balaban J connectivity index is 1.65. The highest BCUT2D eigenvalue weighted by Crippen LogP contribution is 2.36. The van der Waals surface area contributed by atoms with Crippen LogP contribution in [0.15, 0.2) is 46.3 Å². The third kappa shape index (κ3) is 3.42. The molecule has 3 heterocycles. The maximum atomic E-state index is 13.2. The molecule has 0 fully saturated rings. The Bertz CT molecular complexity index is 1080. The van der Waals surface area contributed by atoms with Gasteiger partial charge >= 0.3 is 0 Å². The van der Waals surface area contributed by atoms with Crippen molar-refractivity contribution < 1.29 is 8.91 Å². The fraction of sp³-hybridized carbons (Fsp3) is 0.278. The molecule has 138 valence electrons. The average molecular weight is 384 g/mol. The first kappa shape index (κ1) is 17.6. The molecule has 0 saturated carbocycles. The smallest absolute Gasteiger partial charge is 0.239 e. The molecule has 7 nitrogen and oxygen atoms in total. The van der Waals surface area contributed by atoms with E-state index in [2.05, 4.69) is 25.2 Å². The van der Waals surface area contributed by atoms with E-state index in [1.807, 2.05) is 20.8 Å². The predicted octanol–water partition coefficient (Wildman–Crippen LogP) is 4.31. The van der Waals surface area contributed by atoms with Crippen LogP contribution in [0.25, 0.3) is 16.7 Å². The van der Waals surface area contributed by atoms with Gasteiger partial charge in [-0.25, -0.2) is 19.0 Å². The van der Waals surface area contributed by atoms with E-state index < -0.39 is 0 Å². The summed E-state index contributed by atoms with van der Waals surface area (Å²) < 4.78 is 20.2. The number of rotatable bonds is 5. The standard InChI is InChI=1S/C18H17FN6OS/c1-10(2)15-23-17(26-24-15)11(3)27-18-14-8-22-25(16(14)20-9-21-18)13-6-4-12(19)5-7-13/h4-11H,1-3H3/t11-/m1/s1. The number of aromatic nitrogens is 6. The molecule has 0 amide bonds. The Morgan fingerprint density at radius 2 is 1.89 bits per heavy atom. The molecule has 0 radical (unpaired) electrons. The minimum Gasteiger partial charge on any atom is -0.338 e. The van der Waals surface area contributed by atoms with Crippen LogP contribution < -0.4 is 0 Å². The van der Waals surface area contributed by atoms with E-state index in [1.54, 1.807) is 23.0 Å². The zero-order chi connectivity index (χ0) is 19.0. The molecule has 0 unspecified atom stereocenters. The number of halogens is 1. The van der Waals surface area contributed by atoms with Gasteiger partial charge in [0.2, 0.25) is 5.89 Å². The minimum atomic E-state index is -0.296. The predicted molar refractivity (Wildman–Crippen MR) is 99.3 cm³/mol. The van der Waals surface area contributed by atoms with Crippen LogP contribution in [0, 0.1) is 5.82 Å². The van der Waals surface area contributed by atoms with Crippen molar-refractivity contribution in [2.24, 2.45) is 0 Å². The molecular weight excluding hydrogens is 367 g/mol. The Kier molecular flexibility index (Phi) is 4.61. The Morgan fingerprint density at radius 3 is 2.59 bits per heavy atom. The monoisotopic (exact) mass is 384 g/mol. The quantitative estimate of drug-likeness (QED) is 0.374. The van der Waals surface area contributed by atoms with Gasteiger partial charge < -0.3 is 4.52 Å². The van der Waals surface area contributed by atoms with Gasteiger partial charge in [-0.05, 0) is 31.2 Å². The molecular formula is C18H17FN6OS. The van der Waals surface area contributed by atoms with Crippen LogP contribution in [0.2, 0.25) is 0 Å². The Labute approximate surface area is 159 Å². The zero-order valence-corrected chi connectivity index (χ0v) is 15.8. The molecule has 27 heavy (non-hydrogen) atoms. The van der Waals surface area contributed by atoms with E-state index in [1.165, 1.54) is 30.2 Å². The summed E-state index contributed by atoms with van der Waals surface area (Å²) in [6.07, 6.45) is 3.20. The van der Waals surface area contributed by atoms with Gasteiger partial charge in [-0.15, -0.1) is 0 Å². The lowest BCUT2D eigenvalue weighted by Crippen LogP contribution is -1.98. The Hall–Kier alpha value is -2.81. The molecule has 0 bridgehead atoms. The molecule has 0 aliphatic rings.